The van der Waals surface area contributed by atoms with Gasteiger partial charge in [0.2, 0.25) is 0 Å². The molecule has 0 saturated carbocycles. The zero-order chi connectivity index (χ0) is 16.1. The molecule has 2 aromatic rings. The van der Waals surface area contributed by atoms with Crippen molar-refractivity contribution in [3.8, 4) is 11.3 Å². The number of aromatic nitrogens is 3. The molecule has 0 spiro atoms. The van der Waals surface area contributed by atoms with Crippen molar-refractivity contribution in [2.24, 2.45) is 0 Å². The van der Waals surface area contributed by atoms with Gasteiger partial charge >= 0.3 is 0 Å². The van der Waals surface area contributed by atoms with Crippen LogP contribution < -0.4 is 0 Å². The number of hydrogen-bond donors (Lipinski definition) is 0. The summed E-state index contributed by atoms with van der Waals surface area (Å²) in [6, 6.07) is 3.85. The monoisotopic (exact) mass is 295 g/mol. The van der Waals surface area contributed by atoms with E-state index >= 15 is 0 Å². The molecule has 22 heavy (non-hydrogen) atoms. The summed E-state index contributed by atoms with van der Waals surface area (Å²) < 4.78 is 0. The predicted octanol–water partition coefficient (Wildman–Crippen LogP) is 4.00. The highest BCUT2D eigenvalue weighted by atomic mass is 16.1. The number of carbonyl (C=O) groups excluding carboxylic acids is 1. The fourth-order valence-electron chi connectivity index (χ4n) is 2.23. The minimum Gasteiger partial charge on any atom is -0.299 e. The lowest BCUT2D eigenvalue weighted by Gasteiger charge is -2.17. The molecule has 0 unspecified atom stereocenters. The number of aldehydes is 1. The Morgan fingerprint density at radius 3 is 2.23 bits per heavy atom. The summed E-state index contributed by atoms with van der Waals surface area (Å²) in [5.41, 5.74) is 3.69. The van der Waals surface area contributed by atoms with Crippen LogP contribution in [0.5, 0.6) is 0 Å². The largest absolute Gasteiger partial charge is 0.299 e. The Hall–Kier alpha value is -2.36. The molecule has 2 heterocycles. The summed E-state index contributed by atoms with van der Waals surface area (Å²) in [6.45, 7) is 8.36. The van der Waals surface area contributed by atoms with Crippen LogP contribution in [-0.2, 0) is 4.79 Å². The summed E-state index contributed by atoms with van der Waals surface area (Å²) in [6.07, 6.45) is 7.55. The standard InChI is InChI=1S/C18H21N3O/c1-12(2)16-15(6-5-11-22)17(14-7-9-19-10-8-14)21-18(20-16)13(3)4/h5-13H,1-4H3/b6-5+. The highest BCUT2D eigenvalue weighted by Crippen LogP contribution is 2.30. The zero-order valence-electron chi connectivity index (χ0n) is 13.4. The molecule has 0 aliphatic heterocycles. The quantitative estimate of drug-likeness (QED) is 0.618. The molecule has 0 aliphatic carbocycles. The van der Waals surface area contributed by atoms with Crippen molar-refractivity contribution in [1.82, 2.24) is 15.0 Å². The molecule has 0 aromatic carbocycles. The molecular weight excluding hydrogens is 274 g/mol. The van der Waals surface area contributed by atoms with E-state index in [0.717, 1.165) is 34.6 Å². The number of hydrogen-bond acceptors (Lipinski definition) is 4. The first-order valence-electron chi connectivity index (χ1n) is 7.48. The topological polar surface area (TPSA) is 55.7 Å². The van der Waals surface area contributed by atoms with Gasteiger partial charge in [-0.15, -0.1) is 0 Å². The number of allylic oxidation sites excluding steroid dienone is 1. The normalized spacial score (nSPS) is 11.5. The molecule has 2 rings (SSSR count). The molecule has 0 aliphatic rings. The third-order valence-corrected chi connectivity index (χ3v) is 3.35. The van der Waals surface area contributed by atoms with E-state index < -0.39 is 0 Å². The summed E-state index contributed by atoms with van der Waals surface area (Å²) in [4.78, 5) is 24.3. The summed E-state index contributed by atoms with van der Waals surface area (Å²) in [5, 5.41) is 0. The lowest BCUT2D eigenvalue weighted by molar-refractivity contribution is -0.104. The Bertz CT molecular complexity index is 676. The average molecular weight is 295 g/mol. The molecule has 0 fully saturated rings. The van der Waals surface area contributed by atoms with E-state index in [2.05, 4.69) is 32.7 Å². The first kappa shape index (κ1) is 16.0. The Kier molecular flexibility index (Phi) is 5.15. The van der Waals surface area contributed by atoms with Crippen LogP contribution in [-0.4, -0.2) is 21.2 Å². The number of nitrogens with zero attached hydrogens (tertiary/aromatic N) is 3. The summed E-state index contributed by atoms with van der Waals surface area (Å²) >= 11 is 0. The Labute approximate surface area is 131 Å². The van der Waals surface area contributed by atoms with Gasteiger partial charge in [-0.25, -0.2) is 9.97 Å². The van der Waals surface area contributed by atoms with Crippen LogP contribution >= 0.6 is 0 Å². The van der Waals surface area contributed by atoms with Gasteiger partial charge < -0.3 is 0 Å². The third kappa shape index (κ3) is 3.45. The highest BCUT2D eigenvalue weighted by molar-refractivity contribution is 5.80. The van der Waals surface area contributed by atoms with E-state index in [4.69, 9.17) is 9.97 Å². The second kappa shape index (κ2) is 7.07. The Balaban J connectivity index is 2.76. The smallest absolute Gasteiger partial charge is 0.142 e. The molecule has 0 radical (unpaired) electrons. The number of pyridine rings is 1. The van der Waals surface area contributed by atoms with Gasteiger partial charge in [0, 0.05) is 29.4 Å². The van der Waals surface area contributed by atoms with Crippen LogP contribution in [0, 0.1) is 0 Å². The predicted molar refractivity (Wildman–Crippen MR) is 88.5 cm³/mol. The van der Waals surface area contributed by atoms with Gasteiger partial charge in [0.25, 0.3) is 0 Å². The van der Waals surface area contributed by atoms with E-state index in [1.807, 2.05) is 12.1 Å². The van der Waals surface area contributed by atoms with Gasteiger partial charge in [-0.2, -0.15) is 0 Å². The molecule has 4 heteroatoms. The van der Waals surface area contributed by atoms with E-state index in [9.17, 15) is 4.79 Å². The van der Waals surface area contributed by atoms with Crippen LogP contribution in [0.3, 0.4) is 0 Å². The SMILES string of the molecule is CC(C)c1nc(-c2ccncc2)c(/C=C/C=O)c(C(C)C)n1. The van der Waals surface area contributed by atoms with Crippen molar-refractivity contribution in [3.63, 3.8) is 0 Å². The van der Waals surface area contributed by atoms with Crippen molar-refractivity contribution >= 4 is 12.4 Å². The molecule has 0 N–H and O–H groups in total. The number of rotatable bonds is 5. The first-order valence-corrected chi connectivity index (χ1v) is 7.48. The van der Waals surface area contributed by atoms with E-state index in [1.165, 1.54) is 6.08 Å². The van der Waals surface area contributed by atoms with Crippen molar-refractivity contribution in [2.45, 2.75) is 39.5 Å². The van der Waals surface area contributed by atoms with Crippen molar-refractivity contribution in [1.29, 1.82) is 0 Å². The molecule has 0 atom stereocenters. The molecule has 0 amide bonds. The molecule has 2 aromatic heterocycles. The fraction of sp³-hybridized carbons (Fsp3) is 0.333. The Morgan fingerprint density at radius 2 is 1.68 bits per heavy atom. The molecule has 114 valence electrons. The summed E-state index contributed by atoms with van der Waals surface area (Å²) in [7, 11) is 0. The van der Waals surface area contributed by atoms with Gasteiger partial charge in [-0.1, -0.05) is 27.7 Å². The van der Waals surface area contributed by atoms with E-state index in [1.54, 1.807) is 18.5 Å². The first-order chi connectivity index (χ1) is 10.5. The van der Waals surface area contributed by atoms with Crippen LogP contribution in [0.4, 0.5) is 0 Å². The minimum atomic E-state index is 0.238. The molecular formula is C18H21N3O. The lowest BCUT2D eigenvalue weighted by atomic mass is 9.97. The van der Waals surface area contributed by atoms with Gasteiger partial charge in [-0.3, -0.25) is 9.78 Å². The maximum absolute atomic E-state index is 10.7. The van der Waals surface area contributed by atoms with Crippen LogP contribution in [0.15, 0.2) is 30.6 Å². The van der Waals surface area contributed by atoms with Gasteiger partial charge in [-0.05, 0) is 30.2 Å². The van der Waals surface area contributed by atoms with Crippen LogP contribution in [0.2, 0.25) is 0 Å². The fourth-order valence-corrected chi connectivity index (χ4v) is 2.23. The average Bonchev–Trinajstić information content (AvgIpc) is 2.52. The van der Waals surface area contributed by atoms with Crippen molar-refractivity contribution in [3.05, 3.63) is 47.7 Å². The number of carbonyl (C=O) groups is 1. The van der Waals surface area contributed by atoms with Crippen LogP contribution in [0.1, 0.15) is 56.6 Å². The summed E-state index contributed by atoms with van der Waals surface area (Å²) in [5.74, 6) is 1.30. The molecule has 0 bridgehead atoms. The lowest BCUT2D eigenvalue weighted by Crippen LogP contribution is -2.08. The van der Waals surface area contributed by atoms with Crippen molar-refractivity contribution < 1.29 is 4.79 Å². The maximum atomic E-state index is 10.7. The molecule has 4 nitrogen and oxygen atoms in total. The van der Waals surface area contributed by atoms with Gasteiger partial charge in [0.1, 0.15) is 12.1 Å². The maximum Gasteiger partial charge on any atom is 0.142 e. The molecule has 0 saturated heterocycles. The Morgan fingerprint density at radius 1 is 1.00 bits per heavy atom. The highest BCUT2D eigenvalue weighted by Gasteiger charge is 2.17. The van der Waals surface area contributed by atoms with Crippen molar-refractivity contribution in [2.75, 3.05) is 0 Å². The minimum absolute atomic E-state index is 0.238. The second-order valence-electron chi connectivity index (χ2n) is 5.77. The van der Waals surface area contributed by atoms with E-state index in [-0.39, 0.29) is 11.8 Å². The van der Waals surface area contributed by atoms with Gasteiger partial charge in [0.15, 0.2) is 0 Å². The van der Waals surface area contributed by atoms with Gasteiger partial charge in [0.05, 0.1) is 11.4 Å². The second-order valence-corrected chi connectivity index (χ2v) is 5.77. The van der Waals surface area contributed by atoms with Crippen LogP contribution in [0.25, 0.3) is 17.3 Å². The van der Waals surface area contributed by atoms with E-state index in [0.29, 0.717) is 0 Å². The third-order valence-electron chi connectivity index (χ3n) is 3.35. The zero-order valence-corrected chi connectivity index (χ0v) is 13.4.